The number of rotatable bonds is 7. The minimum Gasteiger partial charge on any atom is -0.480 e. The lowest BCUT2D eigenvalue weighted by atomic mass is 10.4. The number of nitrogens with zero attached hydrogens (tertiary/aromatic N) is 1. The van der Waals surface area contributed by atoms with E-state index in [0.717, 1.165) is 6.42 Å². The van der Waals surface area contributed by atoms with E-state index in [-0.39, 0.29) is 24.7 Å². The Morgan fingerprint density at radius 1 is 1.32 bits per heavy atom. The predicted molar refractivity (Wildman–Crippen MR) is 67.7 cm³/mol. The van der Waals surface area contributed by atoms with Gasteiger partial charge in [-0.15, -0.1) is 0 Å². The quantitative estimate of drug-likeness (QED) is 0.638. The molecule has 0 saturated heterocycles. The molecule has 104 valence electrons. The number of aliphatic carboxylic acids is 1. The molecule has 0 aliphatic carbocycles. The number of nitrogens with one attached hydrogen (secondary N) is 2. The summed E-state index contributed by atoms with van der Waals surface area (Å²) in [5.41, 5.74) is 0.214. The van der Waals surface area contributed by atoms with Crippen molar-refractivity contribution in [3.8, 4) is 0 Å². The van der Waals surface area contributed by atoms with Gasteiger partial charge in [-0.1, -0.05) is 6.92 Å². The van der Waals surface area contributed by atoms with Crippen LogP contribution >= 0.6 is 0 Å². The summed E-state index contributed by atoms with van der Waals surface area (Å²) in [4.78, 5) is 33.7. The zero-order valence-electron chi connectivity index (χ0n) is 10.7. The van der Waals surface area contributed by atoms with Crippen molar-refractivity contribution in [2.75, 3.05) is 13.1 Å². The highest BCUT2D eigenvalue weighted by molar-refractivity contribution is 5.95. The van der Waals surface area contributed by atoms with Gasteiger partial charge in [-0.3, -0.25) is 14.4 Å². The summed E-state index contributed by atoms with van der Waals surface area (Å²) in [5.74, 6) is -1.78. The second kappa shape index (κ2) is 7.20. The average molecular weight is 267 g/mol. The molecule has 0 radical (unpaired) electrons. The summed E-state index contributed by atoms with van der Waals surface area (Å²) in [6.45, 7) is 2.07. The topological polar surface area (TPSA) is 100 Å². The summed E-state index contributed by atoms with van der Waals surface area (Å²) in [7, 11) is 0. The first kappa shape index (κ1) is 14.7. The highest BCUT2D eigenvalue weighted by atomic mass is 16.4. The Hall–Kier alpha value is -2.31. The fourth-order valence-corrected chi connectivity index (χ4v) is 1.48. The maximum Gasteiger partial charge on any atom is 0.323 e. The van der Waals surface area contributed by atoms with Gasteiger partial charge in [-0.05, 0) is 18.6 Å². The Morgan fingerprint density at radius 3 is 2.68 bits per heavy atom. The van der Waals surface area contributed by atoms with Gasteiger partial charge in [0.25, 0.3) is 5.91 Å². The van der Waals surface area contributed by atoms with Gasteiger partial charge in [0, 0.05) is 12.7 Å². The summed E-state index contributed by atoms with van der Waals surface area (Å²) >= 11 is 0. The molecular weight excluding hydrogens is 250 g/mol. The van der Waals surface area contributed by atoms with Crippen molar-refractivity contribution in [1.29, 1.82) is 0 Å². The Kier molecular flexibility index (Phi) is 5.59. The van der Waals surface area contributed by atoms with Crippen molar-refractivity contribution in [2.45, 2.75) is 19.9 Å². The van der Waals surface area contributed by atoms with E-state index in [9.17, 15) is 14.4 Å². The van der Waals surface area contributed by atoms with Gasteiger partial charge in [-0.2, -0.15) is 0 Å². The molecule has 0 atom stereocenters. The molecule has 0 unspecified atom stereocenters. The minimum absolute atomic E-state index is 0.128. The van der Waals surface area contributed by atoms with Crippen molar-refractivity contribution in [1.82, 2.24) is 15.2 Å². The Morgan fingerprint density at radius 2 is 2.05 bits per heavy atom. The zero-order chi connectivity index (χ0) is 14.3. The molecule has 3 N–H and O–H groups in total. The molecule has 7 heteroatoms. The number of hydrogen-bond acceptors (Lipinski definition) is 3. The molecule has 0 aromatic carbocycles. The first-order valence-corrected chi connectivity index (χ1v) is 5.96. The minimum atomic E-state index is -1.04. The normalized spacial score (nSPS) is 9.95. The van der Waals surface area contributed by atoms with Gasteiger partial charge in [0.05, 0.1) is 6.54 Å². The molecule has 0 spiro atoms. The molecule has 7 nitrogen and oxygen atoms in total. The van der Waals surface area contributed by atoms with Gasteiger partial charge in [0.15, 0.2) is 0 Å². The van der Waals surface area contributed by atoms with E-state index < -0.39 is 11.9 Å². The number of carboxylic acid groups (broad SMARTS) is 1. The summed E-state index contributed by atoms with van der Waals surface area (Å²) in [6, 6.07) is 3.08. The molecule has 1 heterocycles. The number of carboxylic acids is 1. The fourth-order valence-electron chi connectivity index (χ4n) is 1.48. The van der Waals surface area contributed by atoms with E-state index in [1.165, 1.54) is 16.8 Å². The van der Waals surface area contributed by atoms with Crippen LogP contribution in [0.2, 0.25) is 0 Å². The molecular formula is C12H17N3O4. The first-order valence-electron chi connectivity index (χ1n) is 5.96. The van der Waals surface area contributed by atoms with E-state index in [1.807, 2.05) is 6.92 Å². The van der Waals surface area contributed by atoms with Crippen LogP contribution in [0.15, 0.2) is 18.3 Å². The van der Waals surface area contributed by atoms with Gasteiger partial charge < -0.3 is 20.3 Å². The molecule has 2 amide bonds. The standard InChI is InChI=1S/C12H17N3O4/c1-2-5-13-10(16)7-14-12(19)9-4-3-6-15(9)8-11(17)18/h3-4,6H,2,5,7-8H2,1H3,(H,13,16)(H,14,19)(H,17,18). The smallest absolute Gasteiger partial charge is 0.323 e. The molecule has 1 aromatic rings. The number of aromatic nitrogens is 1. The first-order chi connectivity index (χ1) is 9.04. The van der Waals surface area contributed by atoms with Gasteiger partial charge in [0.1, 0.15) is 12.2 Å². The maximum atomic E-state index is 11.8. The molecule has 0 fully saturated rings. The maximum absolute atomic E-state index is 11.8. The number of carbonyl (C=O) groups is 3. The van der Waals surface area contributed by atoms with Crippen LogP contribution in [0.5, 0.6) is 0 Å². The Labute approximate surface area is 110 Å². The van der Waals surface area contributed by atoms with E-state index in [1.54, 1.807) is 6.07 Å². The van der Waals surface area contributed by atoms with Crippen LogP contribution in [-0.2, 0) is 16.1 Å². The molecule has 1 rings (SSSR count). The number of hydrogen-bond donors (Lipinski definition) is 3. The summed E-state index contributed by atoms with van der Waals surface area (Å²) < 4.78 is 1.31. The Bertz CT molecular complexity index is 467. The van der Waals surface area contributed by atoms with E-state index >= 15 is 0 Å². The second-order valence-corrected chi connectivity index (χ2v) is 3.95. The SMILES string of the molecule is CCCNC(=O)CNC(=O)c1cccn1CC(=O)O. The molecule has 0 aliphatic heterocycles. The molecule has 19 heavy (non-hydrogen) atoms. The molecule has 0 bridgehead atoms. The third-order valence-corrected chi connectivity index (χ3v) is 2.35. The van der Waals surface area contributed by atoms with Crippen molar-refractivity contribution in [3.05, 3.63) is 24.0 Å². The van der Waals surface area contributed by atoms with E-state index in [4.69, 9.17) is 5.11 Å². The highest BCUT2D eigenvalue weighted by Crippen LogP contribution is 2.02. The van der Waals surface area contributed by atoms with Crippen LogP contribution in [0.4, 0.5) is 0 Å². The van der Waals surface area contributed by atoms with Crippen LogP contribution in [-0.4, -0.2) is 40.5 Å². The monoisotopic (exact) mass is 267 g/mol. The lowest BCUT2D eigenvalue weighted by Gasteiger charge is -2.08. The summed E-state index contributed by atoms with van der Waals surface area (Å²) in [6.07, 6.45) is 2.32. The van der Waals surface area contributed by atoms with Crippen LogP contribution < -0.4 is 10.6 Å². The summed E-state index contributed by atoms with van der Waals surface area (Å²) in [5, 5.41) is 13.8. The number of carbonyl (C=O) groups excluding carboxylic acids is 2. The predicted octanol–water partition coefficient (Wildman–Crippen LogP) is -0.171. The van der Waals surface area contributed by atoms with Gasteiger partial charge >= 0.3 is 5.97 Å². The van der Waals surface area contributed by atoms with Crippen LogP contribution in [0, 0.1) is 0 Å². The zero-order valence-corrected chi connectivity index (χ0v) is 10.7. The van der Waals surface area contributed by atoms with Crippen LogP contribution in [0.1, 0.15) is 23.8 Å². The lowest BCUT2D eigenvalue weighted by Crippen LogP contribution is -2.37. The molecule has 1 aromatic heterocycles. The highest BCUT2D eigenvalue weighted by Gasteiger charge is 2.13. The van der Waals surface area contributed by atoms with Crippen molar-refractivity contribution >= 4 is 17.8 Å². The molecule has 0 saturated carbocycles. The largest absolute Gasteiger partial charge is 0.480 e. The van der Waals surface area contributed by atoms with E-state index in [0.29, 0.717) is 6.54 Å². The molecule has 0 aliphatic rings. The lowest BCUT2D eigenvalue weighted by molar-refractivity contribution is -0.137. The van der Waals surface area contributed by atoms with Crippen LogP contribution in [0.25, 0.3) is 0 Å². The third kappa shape index (κ3) is 4.82. The van der Waals surface area contributed by atoms with Crippen molar-refractivity contribution in [3.63, 3.8) is 0 Å². The Balaban J connectivity index is 2.52. The third-order valence-electron chi connectivity index (χ3n) is 2.35. The van der Waals surface area contributed by atoms with E-state index in [2.05, 4.69) is 10.6 Å². The average Bonchev–Trinajstić information content (AvgIpc) is 2.80. The number of amides is 2. The van der Waals surface area contributed by atoms with Crippen LogP contribution in [0.3, 0.4) is 0 Å². The van der Waals surface area contributed by atoms with Gasteiger partial charge in [-0.25, -0.2) is 0 Å². The fraction of sp³-hybridized carbons (Fsp3) is 0.417. The van der Waals surface area contributed by atoms with Crippen molar-refractivity contribution in [2.24, 2.45) is 0 Å². The second-order valence-electron chi connectivity index (χ2n) is 3.95. The van der Waals surface area contributed by atoms with Crippen molar-refractivity contribution < 1.29 is 19.5 Å². The van der Waals surface area contributed by atoms with Gasteiger partial charge in [0.2, 0.25) is 5.91 Å².